The highest BCUT2D eigenvalue weighted by Crippen LogP contribution is 2.31. The molecule has 1 aliphatic carbocycles. The van der Waals surface area contributed by atoms with Gasteiger partial charge in [-0.1, -0.05) is 6.42 Å². The predicted molar refractivity (Wildman–Crippen MR) is 75.0 cm³/mol. The van der Waals surface area contributed by atoms with Crippen molar-refractivity contribution in [2.75, 3.05) is 13.1 Å². The quantitative estimate of drug-likeness (QED) is 0.444. The molecular weight excluding hydrogens is 276 g/mol. The average Bonchev–Trinajstić information content (AvgIpc) is 3.01. The summed E-state index contributed by atoms with van der Waals surface area (Å²) >= 11 is 0. The van der Waals surface area contributed by atoms with E-state index in [4.69, 9.17) is 5.11 Å². The van der Waals surface area contributed by atoms with E-state index in [1.54, 1.807) is 11.5 Å². The fraction of sp³-hybridized carbons (Fsp3) is 0.692. The number of hydrogen-bond donors (Lipinski definition) is 2. The molecule has 0 aromatic carbocycles. The van der Waals surface area contributed by atoms with Crippen LogP contribution in [0.25, 0.3) is 0 Å². The van der Waals surface area contributed by atoms with Gasteiger partial charge in [-0.2, -0.15) is 0 Å². The summed E-state index contributed by atoms with van der Waals surface area (Å²) in [6, 6.07) is 0. The zero-order valence-corrected chi connectivity index (χ0v) is 12.0. The third-order valence-electron chi connectivity index (χ3n) is 4.12. The van der Waals surface area contributed by atoms with Crippen LogP contribution in [0.4, 0.5) is 5.82 Å². The van der Waals surface area contributed by atoms with E-state index in [9.17, 15) is 14.9 Å². The second-order valence-electron chi connectivity index (χ2n) is 5.41. The van der Waals surface area contributed by atoms with Crippen LogP contribution in [0, 0.1) is 28.9 Å². The molecule has 2 atom stereocenters. The molecule has 2 rings (SSSR count). The summed E-state index contributed by atoms with van der Waals surface area (Å²) in [6.45, 7) is 3.37. The van der Waals surface area contributed by atoms with E-state index in [0.29, 0.717) is 25.5 Å². The molecule has 21 heavy (non-hydrogen) atoms. The zero-order chi connectivity index (χ0) is 15.4. The van der Waals surface area contributed by atoms with Crippen LogP contribution in [0.1, 0.15) is 25.1 Å². The summed E-state index contributed by atoms with van der Waals surface area (Å²) in [5, 5.41) is 23.2. The minimum Gasteiger partial charge on any atom is -0.481 e. The number of carboxylic acids is 1. The number of rotatable bonds is 7. The zero-order valence-electron chi connectivity index (χ0n) is 12.0. The standard InChI is InChI=1S/C13H20N4O4/c1-9-15-8-12(17(20)21)16(9)6-5-14-7-10-3-2-4-11(10)13(18)19/h8,10-11,14H,2-7H2,1H3,(H,18,19). The highest BCUT2D eigenvalue weighted by atomic mass is 16.6. The second-order valence-corrected chi connectivity index (χ2v) is 5.41. The molecule has 0 aliphatic heterocycles. The molecule has 0 amide bonds. The van der Waals surface area contributed by atoms with Crippen molar-refractivity contribution in [2.24, 2.45) is 11.8 Å². The van der Waals surface area contributed by atoms with E-state index in [0.717, 1.165) is 19.3 Å². The van der Waals surface area contributed by atoms with Gasteiger partial charge in [-0.25, -0.2) is 9.55 Å². The molecule has 1 aromatic rings. The lowest BCUT2D eigenvalue weighted by Crippen LogP contribution is -2.31. The van der Waals surface area contributed by atoms with Crippen molar-refractivity contribution in [3.8, 4) is 0 Å². The molecule has 1 aromatic heterocycles. The van der Waals surface area contributed by atoms with Gasteiger partial charge in [0.1, 0.15) is 12.7 Å². The molecule has 2 unspecified atom stereocenters. The SMILES string of the molecule is Cc1ncc([N+](=O)[O-])n1CCNCC1CCCC1C(=O)O. The first-order valence-corrected chi connectivity index (χ1v) is 7.10. The Balaban J connectivity index is 1.81. The van der Waals surface area contributed by atoms with Crippen LogP contribution in [-0.4, -0.2) is 38.6 Å². The van der Waals surface area contributed by atoms with Crippen molar-refractivity contribution < 1.29 is 14.8 Å². The Kier molecular flexibility index (Phi) is 4.89. The van der Waals surface area contributed by atoms with Crippen molar-refractivity contribution in [3.63, 3.8) is 0 Å². The smallest absolute Gasteiger partial charge is 0.342 e. The molecule has 1 saturated carbocycles. The van der Waals surface area contributed by atoms with Gasteiger partial charge < -0.3 is 20.5 Å². The van der Waals surface area contributed by atoms with Gasteiger partial charge in [0.15, 0.2) is 5.82 Å². The van der Waals surface area contributed by atoms with Crippen molar-refractivity contribution in [1.29, 1.82) is 0 Å². The van der Waals surface area contributed by atoms with Crippen LogP contribution in [-0.2, 0) is 11.3 Å². The predicted octanol–water partition coefficient (Wildman–Crippen LogP) is 1.19. The van der Waals surface area contributed by atoms with Crippen LogP contribution in [0.15, 0.2) is 6.20 Å². The molecule has 0 spiro atoms. The van der Waals surface area contributed by atoms with Crippen LogP contribution in [0.5, 0.6) is 0 Å². The number of aliphatic carboxylic acids is 1. The van der Waals surface area contributed by atoms with Gasteiger partial charge >= 0.3 is 11.8 Å². The molecule has 0 saturated heterocycles. The maximum absolute atomic E-state index is 11.1. The highest BCUT2D eigenvalue weighted by Gasteiger charge is 2.32. The number of carbonyl (C=O) groups is 1. The fourth-order valence-electron chi connectivity index (χ4n) is 2.96. The van der Waals surface area contributed by atoms with E-state index in [-0.39, 0.29) is 17.7 Å². The first kappa shape index (κ1) is 15.4. The van der Waals surface area contributed by atoms with E-state index in [1.807, 2.05) is 0 Å². The number of aryl methyl sites for hydroxylation is 1. The molecule has 1 fully saturated rings. The first-order chi connectivity index (χ1) is 10.0. The number of hydrogen-bond acceptors (Lipinski definition) is 5. The number of aromatic nitrogens is 2. The summed E-state index contributed by atoms with van der Waals surface area (Å²) in [5.74, 6) is -0.241. The number of nitrogens with zero attached hydrogens (tertiary/aromatic N) is 3. The largest absolute Gasteiger partial charge is 0.481 e. The Morgan fingerprint density at radius 2 is 2.38 bits per heavy atom. The van der Waals surface area contributed by atoms with Crippen molar-refractivity contribution in [2.45, 2.75) is 32.7 Å². The molecule has 116 valence electrons. The summed E-state index contributed by atoms with van der Waals surface area (Å²) in [4.78, 5) is 25.4. The van der Waals surface area contributed by atoms with Crippen LogP contribution in [0.3, 0.4) is 0 Å². The first-order valence-electron chi connectivity index (χ1n) is 7.10. The number of nitro groups is 1. The van der Waals surface area contributed by atoms with Crippen molar-refractivity contribution >= 4 is 11.8 Å². The third-order valence-corrected chi connectivity index (χ3v) is 4.12. The number of imidazole rings is 1. The molecule has 8 nitrogen and oxygen atoms in total. The normalized spacial score (nSPS) is 21.6. The molecule has 8 heteroatoms. The van der Waals surface area contributed by atoms with Crippen LogP contribution >= 0.6 is 0 Å². The van der Waals surface area contributed by atoms with Gasteiger partial charge in [0.05, 0.1) is 5.92 Å². The Bertz CT molecular complexity index is 528. The Hall–Kier alpha value is -1.96. The number of carboxylic acid groups (broad SMARTS) is 1. The number of nitrogens with one attached hydrogen (secondary N) is 1. The van der Waals surface area contributed by atoms with Crippen LogP contribution < -0.4 is 5.32 Å². The van der Waals surface area contributed by atoms with Gasteiger partial charge in [0.2, 0.25) is 0 Å². The third kappa shape index (κ3) is 3.57. The molecule has 1 heterocycles. The highest BCUT2D eigenvalue weighted by molar-refractivity contribution is 5.70. The van der Waals surface area contributed by atoms with Gasteiger partial charge in [-0.15, -0.1) is 0 Å². The van der Waals surface area contributed by atoms with Gasteiger partial charge in [0, 0.05) is 13.5 Å². The summed E-state index contributed by atoms with van der Waals surface area (Å²) in [6.07, 6.45) is 3.88. The Labute approximate surface area is 122 Å². The minimum atomic E-state index is -0.722. The minimum absolute atomic E-state index is 0.0152. The van der Waals surface area contributed by atoms with Crippen molar-refractivity contribution in [1.82, 2.24) is 14.9 Å². The molecule has 0 bridgehead atoms. The lowest BCUT2D eigenvalue weighted by atomic mass is 9.96. The van der Waals surface area contributed by atoms with Gasteiger partial charge in [-0.3, -0.25) is 4.79 Å². The lowest BCUT2D eigenvalue weighted by molar-refractivity contribution is -0.392. The monoisotopic (exact) mass is 296 g/mol. The summed E-state index contributed by atoms with van der Waals surface area (Å²) in [7, 11) is 0. The van der Waals surface area contributed by atoms with E-state index >= 15 is 0 Å². The van der Waals surface area contributed by atoms with Crippen LogP contribution in [0.2, 0.25) is 0 Å². The van der Waals surface area contributed by atoms with E-state index in [1.165, 1.54) is 6.20 Å². The van der Waals surface area contributed by atoms with Gasteiger partial charge in [0.25, 0.3) is 0 Å². The molecule has 2 N–H and O–H groups in total. The van der Waals surface area contributed by atoms with Crippen molar-refractivity contribution in [3.05, 3.63) is 22.1 Å². The molecule has 0 radical (unpaired) electrons. The summed E-state index contributed by atoms with van der Waals surface area (Å²) < 4.78 is 1.55. The summed E-state index contributed by atoms with van der Waals surface area (Å²) in [5.41, 5.74) is 0. The average molecular weight is 296 g/mol. The lowest BCUT2D eigenvalue weighted by Gasteiger charge is -2.16. The van der Waals surface area contributed by atoms with E-state index in [2.05, 4.69) is 10.3 Å². The molecular formula is C13H20N4O4. The van der Waals surface area contributed by atoms with E-state index < -0.39 is 10.9 Å². The van der Waals surface area contributed by atoms with Gasteiger partial charge in [-0.05, 0) is 30.2 Å². The Morgan fingerprint density at radius 3 is 3.05 bits per heavy atom. The maximum atomic E-state index is 11.1. The fourth-order valence-corrected chi connectivity index (χ4v) is 2.96. The second kappa shape index (κ2) is 6.66. The maximum Gasteiger partial charge on any atom is 0.342 e. The molecule has 1 aliphatic rings. The Morgan fingerprint density at radius 1 is 1.62 bits per heavy atom. The topological polar surface area (TPSA) is 110 Å².